The molecule has 0 aliphatic heterocycles. The second kappa shape index (κ2) is 9.07. The molecule has 0 N–H and O–H groups in total. The van der Waals surface area contributed by atoms with Crippen LogP contribution in [0.5, 0.6) is 0 Å². The lowest BCUT2D eigenvalue weighted by Crippen LogP contribution is -2.14. The second-order valence-corrected chi connectivity index (χ2v) is 6.34. The SMILES string of the molecule is [CH2]C(C)CC(C)(C)CCCCCCCCC. The minimum Gasteiger partial charge on any atom is -0.0654 e. The van der Waals surface area contributed by atoms with Crippen molar-refractivity contribution in [2.75, 3.05) is 0 Å². The van der Waals surface area contributed by atoms with Crippen LogP contribution in [0.15, 0.2) is 0 Å². The van der Waals surface area contributed by atoms with E-state index in [2.05, 4.69) is 34.6 Å². The Morgan fingerprint density at radius 2 is 1.44 bits per heavy atom. The lowest BCUT2D eigenvalue weighted by molar-refractivity contribution is 0.266. The molecule has 0 rings (SSSR count). The van der Waals surface area contributed by atoms with E-state index in [1.807, 2.05) is 0 Å². The first-order valence-electron chi connectivity index (χ1n) is 7.31. The molecule has 0 aliphatic rings. The Bertz CT molecular complexity index is 144. The summed E-state index contributed by atoms with van der Waals surface area (Å²) in [4.78, 5) is 0. The van der Waals surface area contributed by atoms with E-state index >= 15 is 0 Å². The van der Waals surface area contributed by atoms with Crippen LogP contribution in [0, 0.1) is 18.3 Å². The molecule has 0 saturated heterocycles. The molecular formula is C16H33. The molecule has 0 aromatic carbocycles. The molecule has 0 aromatic rings. The van der Waals surface area contributed by atoms with E-state index in [4.69, 9.17) is 0 Å². The highest BCUT2D eigenvalue weighted by Gasteiger charge is 2.18. The molecule has 0 nitrogen and oxygen atoms in total. The van der Waals surface area contributed by atoms with Gasteiger partial charge in [-0.1, -0.05) is 79.6 Å². The summed E-state index contributed by atoms with van der Waals surface area (Å²) in [5, 5.41) is 0. The van der Waals surface area contributed by atoms with Crippen molar-refractivity contribution in [3.63, 3.8) is 0 Å². The third-order valence-electron chi connectivity index (χ3n) is 3.36. The molecule has 1 atom stereocenters. The van der Waals surface area contributed by atoms with Gasteiger partial charge < -0.3 is 0 Å². The highest BCUT2D eigenvalue weighted by Crippen LogP contribution is 2.31. The molecular weight excluding hydrogens is 192 g/mol. The summed E-state index contributed by atoms with van der Waals surface area (Å²) in [6, 6.07) is 0. The zero-order chi connectivity index (χ0) is 12.4. The Labute approximate surface area is 104 Å². The quantitative estimate of drug-likeness (QED) is 0.399. The molecule has 0 aromatic heterocycles. The van der Waals surface area contributed by atoms with Crippen LogP contribution in [0.3, 0.4) is 0 Å². The van der Waals surface area contributed by atoms with Gasteiger partial charge >= 0.3 is 0 Å². The second-order valence-electron chi connectivity index (χ2n) is 6.34. The van der Waals surface area contributed by atoms with Gasteiger partial charge in [-0.2, -0.15) is 0 Å². The fraction of sp³-hybridized carbons (Fsp3) is 0.938. The van der Waals surface area contributed by atoms with Gasteiger partial charge in [-0.25, -0.2) is 0 Å². The summed E-state index contributed by atoms with van der Waals surface area (Å²) in [6.45, 7) is 13.4. The number of rotatable bonds is 10. The molecule has 0 heterocycles. The van der Waals surface area contributed by atoms with Crippen molar-refractivity contribution in [1.82, 2.24) is 0 Å². The minimum absolute atomic E-state index is 0.505. The van der Waals surface area contributed by atoms with E-state index in [-0.39, 0.29) is 0 Å². The molecule has 1 radical (unpaired) electrons. The van der Waals surface area contributed by atoms with Gasteiger partial charge in [-0.15, -0.1) is 0 Å². The highest BCUT2D eigenvalue weighted by molar-refractivity contribution is 4.72. The molecule has 0 saturated carbocycles. The molecule has 0 bridgehead atoms. The van der Waals surface area contributed by atoms with Crippen molar-refractivity contribution in [2.45, 2.75) is 85.5 Å². The zero-order valence-electron chi connectivity index (χ0n) is 12.1. The topological polar surface area (TPSA) is 0 Å². The van der Waals surface area contributed by atoms with Crippen LogP contribution >= 0.6 is 0 Å². The Morgan fingerprint density at radius 1 is 0.938 bits per heavy atom. The van der Waals surface area contributed by atoms with Crippen LogP contribution in [0.4, 0.5) is 0 Å². The maximum Gasteiger partial charge on any atom is -0.0352 e. The summed E-state index contributed by atoms with van der Waals surface area (Å²) < 4.78 is 0. The molecule has 0 amide bonds. The number of unbranched alkanes of at least 4 members (excludes halogenated alkanes) is 6. The van der Waals surface area contributed by atoms with E-state index in [0.717, 1.165) is 0 Å². The Balaban J connectivity index is 3.36. The summed E-state index contributed by atoms with van der Waals surface area (Å²) >= 11 is 0. The zero-order valence-corrected chi connectivity index (χ0v) is 12.1. The first-order chi connectivity index (χ1) is 7.48. The van der Waals surface area contributed by atoms with E-state index in [0.29, 0.717) is 11.3 Å². The van der Waals surface area contributed by atoms with Gasteiger partial charge in [-0.3, -0.25) is 0 Å². The summed E-state index contributed by atoms with van der Waals surface area (Å²) in [5.74, 6) is 0.597. The molecule has 1 unspecified atom stereocenters. The third-order valence-corrected chi connectivity index (χ3v) is 3.36. The maximum absolute atomic E-state index is 4.10. The van der Waals surface area contributed by atoms with E-state index in [1.54, 1.807) is 0 Å². The lowest BCUT2D eigenvalue weighted by Gasteiger charge is -2.26. The fourth-order valence-corrected chi connectivity index (χ4v) is 2.61. The monoisotopic (exact) mass is 225 g/mol. The standard InChI is InChI=1S/C16H33/c1-6-7-8-9-10-11-12-13-16(4,5)14-15(2)3/h15H,2,6-14H2,1,3-5H3. The van der Waals surface area contributed by atoms with Crippen molar-refractivity contribution in [1.29, 1.82) is 0 Å². The third kappa shape index (κ3) is 10.5. The molecule has 0 spiro atoms. The molecule has 0 fully saturated rings. The maximum atomic E-state index is 4.10. The van der Waals surface area contributed by atoms with Crippen LogP contribution in [-0.2, 0) is 0 Å². The molecule has 16 heavy (non-hydrogen) atoms. The highest BCUT2D eigenvalue weighted by atomic mass is 14.2. The smallest absolute Gasteiger partial charge is 0.0352 e. The summed E-state index contributed by atoms with van der Waals surface area (Å²) in [7, 11) is 0. The van der Waals surface area contributed by atoms with Crippen LogP contribution in [0.25, 0.3) is 0 Å². The van der Waals surface area contributed by atoms with Gasteiger partial charge in [0.05, 0.1) is 0 Å². The van der Waals surface area contributed by atoms with Crippen molar-refractivity contribution < 1.29 is 0 Å². The first-order valence-corrected chi connectivity index (χ1v) is 7.31. The molecule has 0 heteroatoms. The normalized spacial score (nSPS) is 12.4. The van der Waals surface area contributed by atoms with Crippen molar-refractivity contribution in [3.8, 4) is 0 Å². The first kappa shape index (κ1) is 16.0. The lowest BCUT2D eigenvalue weighted by atomic mass is 9.79. The molecule has 0 aliphatic carbocycles. The van der Waals surface area contributed by atoms with Gasteiger partial charge in [0, 0.05) is 0 Å². The average Bonchev–Trinajstić information content (AvgIpc) is 2.14. The van der Waals surface area contributed by atoms with E-state index in [9.17, 15) is 0 Å². The number of hydrogen-bond acceptors (Lipinski definition) is 0. The van der Waals surface area contributed by atoms with E-state index < -0.39 is 0 Å². The Morgan fingerprint density at radius 3 is 1.94 bits per heavy atom. The average molecular weight is 225 g/mol. The van der Waals surface area contributed by atoms with Gasteiger partial charge in [0.2, 0.25) is 0 Å². The Hall–Kier alpha value is 0. The van der Waals surface area contributed by atoms with Crippen LogP contribution in [0.1, 0.15) is 85.5 Å². The van der Waals surface area contributed by atoms with Gasteiger partial charge in [0.25, 0.3) is 0 Å². The largest absolute Gasteiger partial charge is 0.0654 e. The van der Waals surface area contributed by atoms with Crippen molar-refractivity contribution >= 4 is 0 Å². The fourth-order valence-electron chi connectivity index (χ4n) is 2.61. The predicted octanol–water partition coefficient (Wildman–Crippen LogP) is 6.01. The number of hydrogen-bond donors (Lipinski definition) is 0. The van der Waals surface area contributed by atoms with Gasteiger partial charge in [0.1, 0.15) is 0 Å². The molecule has 97 valence electrons. The predicted molar refractivity (Wildman–Crippen MR) is 75.5 cm³/mol. The van der Waals surface area contributed by atoms with Crippen LogP contribution < -0.4 is 0 Å². The summed E-state index contributed by atoms with van der Waals surface area (Å²) in [5.41, 5.74) is 0.505. The van der Waals surface area contributed by atoms with Gasteiger partial charge in [0.15, 0.2) is 0 Å². The van der Waals surface area contributed by atoms with Gasteiger partial charge in [-0.05, 0) is 24.2 Å². The Kier molecular flexibility index (Phi) is 9.07. The minimum atomic E-state index is 0.505. The van der Waals surface area contributed by atoms with Crippen molar-refractivity contribution in [2.24, 2.45) is 11.3 Å². The van der Waals surface area contributed by atoms with Crippen LogP contribution in [-0.4, -0.2) is 0 Å². The van der Waals surface area contributed by atoms with Crippen molar-refractivity contribution in [3.05, 3.63) is 6.92 Å². The van der Waals surface area contributed by atoms with Crippen LogP contribution in [0.2, 0.25) is 0 Å². The van der Waals surface area contributed by atoms with E-state index in [1.165, 1.54) is 57.8 Å². The summed E-state index contributed by atoms with van der Waals surface area (Å²) in [6.07, 6.45) is 12.6.